The Morgan fingerprint density at radius 2 is 1.77 bits per heavy atom. The summed E-state index contributed by atoms with van der Waals surface area (Å²) in [4.78, 5) is 22.7. The van der Waals surface area contributed by atoms with Gasteiger partial charge in [0.15, 0.2) is 0 Å². The number of unbranched alkanes of at least 4 members (excludes halogenated alkanes) is 5. The number of carbonyl (C=O) groups is 1. The summed E-state index contributed by atoms with van der Waals surface area (Å²) in [5.74, 6) is 0.385. The van der Waals surface area contributed by atoms with Crippen molar-refractivity contribution in [3.05, 3.63) is 41.9 Å². The fraction of sp³-hybridized carbons (Fsp3) is 0.565. The van der Waals surface area contributed by atoms with E-state index in [9.17, 15) is 4.79 Å². The second-order valence-electron chi connectivity index (χ2n) is 8.25. The van der Waals surface area contributed by atoms with E-state index in [4.69, 9.17) is 14.8 Å². The van der Waals surface area contributed by atoms with Crippen molar-refractivity contribution in [2.75, 3.05) is 12.4 Å². The smallest absolute Gasteiger partial charge is 0.315 e. The SMILES string of the molecule is CC1(C)Cc2ccc(CCCCCCCCC(=O)O)nc2N1.COc1ncccn1. The summed E-state index contributed by atoms with van der Waals surface area (Å²) in [5, 5.41) is 12.1. The molecule has 3 heterocycles. The molecule has 0 atom stereocenters. The first kappa shape index (κ1) is 23.6. The van der Waals surface area contributed by atoms with Gasteiger partial charge >= 0.3 is 12.0 Å². The molecule has 164 valence electrons. The number of ether oxygens (including phenoxy) is 1. The van der Waals surface area contributed by atoms with Gasteiger partial charge in [0.1, 0.15) is 5.82 Å². The highest BCUT2D eigenvalue weighted by Gasteiger charge is 2.28. The van der Waals surface area contributed by atoms with Crippen LogP contribution in [0.2, 0.25) is 0 Å². The number of anilines is 1. The van der Waals surface area contributed by atoms with Crippen LogP contribution in [0.15, 0.2) is 30.6 Å². The third-order valence-corrected chi connectivity index (χ3v) is 4.92. The number of fused-ring (bicyclic) bond motifs is 1. The lowest BCUT2D eigenvalue weighted by Crippen LogP contribution is -2.27. The van der Waals surface area contributed by atoms with Gasteiger partial charge in [-0.15, -0.1) is 0 Å². The van der Waals surface area contributed by atoms with Gasteiger partial charge in [-0.2, -0.15) is 0 Å². The Kier molecular flexibility index (Phi) is 9.51. The average Bonchev–Trinajstić information content (AvgIpc) is 3.04. The summed E-state index contributed by atoms with van der Waals surface area (Å²) in [6.45, 7) is 4.41. The van der Waals surface area contributed by atoms with Crippen molar-refractivity contribution < 1.29 is 14.6 Å². The molecule has 0 fully saturated rings. The van der Waals surface area contributed by atoms with Gasteiger partial charge in [-0.1, -0.05) is 31.7 Å². The van der Waals surface area contributed by atoms with Crippen LogP contribution >= 0.6 is 0 Å². The molecular formula is C23H34N4O3. The number of pyridine rings is 1. The van der Waals surface area contributed by atoms with Gasteiger partial charge in [-0.05, 0) is 57.2 Å². The van der Waals surface area contributed by atoms with Gasteiger partial charge in [0.25, 0.3) is 0 Å². The molecule has 30 heavy (non-hydrogen) atoms. The van der Waals surface area contributed by atoms with Crippen LogP contribution in [0.4, 0.5) is 5.82 Å². The topological polar surface area (TPSA) is 97.2 Å². The van der Waals surface area contributed by atoms with Crippen LogP contribution in [-0.4, -0.2) is 38.7 Å². The second kappa shape index (κ2) is 12.1. The van der Waals surface area contributed by atoms with Crippen molar-refractivity contribution in [1.82, 2.24) is 15.0 Å². The zero-order chi connectivity index (χ0) is 21.8. The molecule has 0 saturated heterocycles. The van der Waals surface area contributed by atoms with Crippen molar-refractivity contribution in [3.63, 3.8) is 0 Å². The van der Waals surface area contributed by atoms with Gasteiger partial charge in [0.05, 0.1) is 7.11 Å². The van der Waals surface area contributed by atoms with Crippen molar-refractivity contribution >= 4 is 11.8 Å². The van der Waals surface area contributed by atoms with Crippen LogP contribution in [0.1, 0.15) is 70.1 Å². The van der Waals surface area contributed by atoms with Crippen LogP contribution in [0.25, 0.3) is 0 Å². The molecule has 0 radical (unpaired) electrons. The van der Waals surface area contributed by atoms with E-state index in [0.29, 0.717) is 12.4 Å². The lowest BCUT2D eigenvalue weighted by atomic mass is 10.0. The molecule has 0 unspecified atom stereocenters. The lowest BCUT2D eigenvalue weighted by molar-refractivity contribution is -0.137. The molecule has 2 N–H and O–H groups in total. The number of nitrogens with one attached hydrogen (secondary N) is 1. The Labute approximate surface area is 179 Å². The average molecular weight is 415 g/mol. The molecular weight excluding hydrogens is 380 g/mol. The number of rotatable bonds is 10. The van der Waals surface area contributed by atoms with Crippen LogP contribution in [0, 0.1) is 0 Å². The molecule has 7 heteroatoms. The Hall–Kier alpha value is -2.70. The molecule has 7 nitrogen and oxygen atoms in total. The number of aromatic nitrogens is 3. The minimum absolute atomic E-state index is 0.129. The van der Waals surface area contributed by atoms with E-state index < -0.39 is 5.97 Å². The fourth-order valence-electron chi connectivity index (χ4n) is 3.44. The maximum atomic E-state index is 10.4. The van der Waals surface area contributed by atoms with Crippen molar-refractivity contribution in [1.29, 1.82) is 0 Å². The summed E-state index contributed by atoms with van der Waals surface area (Å²) in [6.07, 6.45) is 12.2. The van der Waals surface area contributed by atoms with Crippen LogP contribution in [-0.2, 0) is 17.6 Å². The van der Waals surface area contributed by atoms with Gasteiger partial charge < -0.3 is 15.2 Å². The minimum atomic E-state index is -0.681. The molecule has 0 spiro atoms. The number of carboxylic acids is 1. The second-order valence-corrected chi connectivity index (χ2v) is 8.25. The number of aryl methyl sites for hydroxylation is 1. The van der Waals surface area contributed by atoms with Crippen LogP contribution in [0.3, 0.4) is 0 Å². The summed E-state index contributed by atoms with van der Waals surface area (Å²) in [6, 6.07) is 6.52. The normalized spacial score (nSPS) is 13.6. The maximum absolute atomic E-state index is 10.4. The number of hydrogen-bond donors (Lipinski definition) is 2. The molecule has 0 amide bonds. The number of methoxy groups -OCH3 is 1. The van der Waals surface area contributed by atoms with Crippen molar-refractivity contribution in [3.8, 4) is 6.01 Å². The number of nitrogens with zero attached hydrogens (tertiary/aromatic N) is 3. The van der Waals surface area contributed by atoms with Crippen molar-refractivity contribution in [2.45, 2.75) is 77.2 Å². The molecule has 3 rings (SSSR count). The standard InChI is InChI=1S/C18H28N2O2.C5H6N2O/c1-18(2)13-14-11-12-15(19-17(14)20-18)9-7-5-3-4-6-8-10-16(21)22;1-8-5-6-3-2-4-7-5/h11-12H,3-10,13H2,1-2H3,(H,19,20)(H,21,22);2-4H,1H3. The predicted octanol–water partition coefficient (Wildman–Crippen LogP) is 4.67. The molecule has 0 aliphatic carbocycles. The third-order valence-electron chi connectivity index (χ3n) is 4.92. The molecule has 0 saturated carbocycles. The first-order valence-corrected chi connectivity index (χ1v) is 10.7. The van der Waals surface area contributed by atoms with E-state index >= 15 is 0 Å². The van der Waals surface area contributed by atoms with Gasteiger partial charge in [0, 0.05) is 30.0 Å². The molecule has 0 aromatic carbocycles. The van der Waals surface area contributed by atoms with Gasteiger partial charge in [-0.25, -0.2) is 15.0 Å². The fourth-order valence-corrected chi connectivity index (χ4v) is 3.44. The zero-order valence-electron chi connectivity index (χ0n) is 18.4. The van der Waals surface area contributed by atoms with E-state index in [-0.39, 0.29) is 5.54 Å². The van der Waals surface area contributed by atoms with E-state index in [0.717, 1.165) is 44.3 Å². The lowest BCUT2D eigenvalue weighted by Gasteiger charge is -2.17. The molecule has 2 aromatic rings. The first-order valence-electron chi connectivity index (χ1n) is 10.7. The van der Waals surface area contributed by atoms with Crippen LogP contribution < -0.4 is 10.1 Å². The summed E-state index contributed by atoms with van der Waals surface area (Å²) in [5.41, 5.74) is 2.63. The minimum Gasteiger partial charge on any atom is -0.481 e. The zero-order valence-corrected chi connectivity index (χ0v) is 18.4. The summed E-state index contributed by atoms with van der Waals surface area (Å²) >= 11 is 0. The molecule has 1 aliphatic heterocycles. The molecule has 2 aromatic heterocycles. The summed E-state index contributed by atoms with van der Waals surface area (Å²) < 4.78 is 4.69. The molecule has 0 bridgehead atoms. The Bertz CT molecular complexity index is 781. The Morgan fingerprint density at radius 3 is 2.40 bits per heavy atom. The number of aliphatic carboxylic acids is 1. The highest BCUT2D eigenvalue weighted by Crippen LogP contribution is 2.30. The Morgan fingerprint density at radius 1 is 1.10 bits per heavy atom. The largest absolute Gasteiger partial charge is 0.481 e. The van der Waals surface area contributed by atoms with Gasteiger partial charge in [-0.3, -0.25) is 4.79 Å². The highest BCUT2D eigenvalue weighted by molar-refractivity contribution is 5.66. The third kappa shape index (κ3) is 8.76. The van der Waals surface area contributed by atoms with Crippen LogP contribution in [0.5, 0.6) is 6.01 Å². The predicted molar refractivity (Wildman–Crippen MR) is 118 cm³/mol. The number of hydrogen-bond acceptors (Lipinski definition) is 6. The van der Waals surface area contributed by atoms with Crippen molar-refractivity contribution in [2.24, 2.45) is 0 Å². The maximum Gasteiger partial charge on any atom is 0.315 e. The van der Waals surface area contributed by atoms with Gasteiger partial charge in [0.2, 0.25) is 0 Å². The van der Waals surface area contributed by atoms with E-state index in [1.807, 2.05) is 0 Å². The highest BCUT2D eigenvalue weighted by atomic mass is 16.5. The quantitative estimate of drug-likeness (QED) is 0.545. The molecule has 1 aliphatic rings. The van der Waals surface area contributed by atoms with E-state index in [1.54, 1.807) is 18.5 Å². The summed E-state index contributed by atoms with van der Waals surface area (Å²) in [7, 11) is 1.54. The van der Waals surface area contributed by atoms with E-state index in [2.05, 4.69) is 41.3 Å². The van der Waals surface area contributed by atoms with E-state index in [1.165, 1.54) is 31.2 Å². The monoisotopic (exact) mass is 414 g/mol. The number of carboxylic acid groups (broad SMARTS) is 1. The Balaban J connectivity index is 0.000000335. The first-order chi connectivity index (χ1) is 14.4.